The molecule has 2 aromatic carbocycles. The Labute approximate surface area is 210 Å². The maximum absolute atomic E-state index is 11.9. The van der Waals surface area contributed by atoms with Crippen molar-refractivity contribution in [2.24, 2.45) is 23.2 Å². The molecule has 0 radical (unpaired) electrons. The molecule has 4 aliphatic rings. The number of esters is 1. The molecule has 35 heavy (non-hydrogen) atoms. The van der Waals surface area contributed by atoms with Gasteiger partial charge < -0.3 is 15.0 Å². The third-order valence-corrected chi connectivity index (χ3v) is 9.11. The first-order valence-electron chi connectivity index (χ1n) is 13.4. The Hall–Kier alpha value is -2.75. The minimum absolute atomic E-state index is 0.252. The fourth-order valence-corrected chi connectivity index (χ4v) is 6.73. The number of benzene rings is 2. The highest BCUT2D eigenvalue weighted by atomic mass is 16.5. The van der Waals surface area contributed by atoms with Gasteiger partial charge in [-0.3, -0.25) is 0 Å². The van der Waals surface area contributed by atoms with Crippen LogP contribution in [0.5, 0.6) is 0 Å². The van der Waals surface area contributed by atoms with Crippen molar-refractivity contribution in [3.63, 3.8) is 0 Å². The van der Waals surface area contributed by atoms with Gasteiger partial charge in [0.25, 0.3) is 0 Å². The van der Waals surface area contributed by atoms with Gasteiger partial charge in [0.1, 0.15) is 0 Å². The molecule has 0 unspecified atom stereocenters. The quantitative estimate of drug-likeness (QED) is 0.458. The molecule has 0 spiro atoms. The van der Waals surface area contributed by atoms with Gasteiger partial charge in [-0.05, 0) is 97.7 Å². The zero-order valence-electron chi connectivity index (χ0n) is 21.7. The van der Waals surface area contributed by atoms with E-state index in [0.717, 1.165) is 43.7 Å². The predicted octanol–water partition coefficient (Wildman–Crippen LogP) is 7.03. The molecule has 1 heterocycles. The number of ether oxygens (including phenoxy) is 1. The molecule has 3 aliphatic carbocycles. The largest absolute Gasteiger partial charge is 0.462 e. The number of carbonyl (C=O) groups excluding carboxylic acids is 1. The van der Waals surface area contributed by atoms with Crippen molar-refractivity contribution in [2.75, 3.05) is 29.9 Å². The second-order valence-electron chi connectivity index (χ2n) is 11.4. The Kier molecular flexibility index (Phi) is 6.65. The maximum Gasteiger partial charge on any atom is 0.338 e. The Morgan fingerprint density at radius 3 is 2.51 bits per heavy atom. The fraction of sp³-hybridized carbons (Fsp3) is 0.516. The van der Waals surface area contributed by atoms with Crippen LogP contribution in [-0.2, 0) is 4.74 Å². The van der Waals surface area contributed by atoms with E-state index in [4.69, 9.17) is 4.74 Å². The molecule has 186 valence electrons. The van der Waals surface area contributed by atoms with Crippen molar-refractivity contribution in [3.8, 4) is 0 Å². The summed E-state index contributed by atoms with van der Waals surface area (Å²) in [5.41, 5.74) is 6.38. The molecule has 4 nitrogen and oxygen atoms in total. The SMILES string of the molecule is CCOC(=O)c1ccc(N2CCC(=Cc3cccc(N[C@H]4C[C@@H]5C[C@@H]([C@H]4C)C5(C)C)c3)CC2)cc1. The van der Waals surface area contributed by atoms with Gasteiger partial charge in [-0.15, -0.1) is 0 Å². The Balaban J connectivity index is 1.17. The van der Waals surface area contributed by atoms with Crippen molar-refractivity contribution >= 4 is 23.4 Å². The van der Waals surface area contributed by atoms with E-state index < -0.39 is 0 Å². The lowest BCUT2D eigenvalue weighted by atomic mass is 9.45. The molecule has 1 aliphatic heterocycles. The first-order chi connectivity index (χ1) is 16.8. The van der Waals surface area contributed by atoms with E-state index in [1.54, 1.807) is 0 Å². The number of piperidine rings is 1. The number of hydrogen-bond acceptors (Lipinski definition) is 4. The molecule has 4 atom stereocenters. The van der Waals surface area contributed by atoms with Gasteiger partial charge in [-0.2, -0.15) is 0 Å². The van der Waals surface area contributed by atoms with Crippen molar-refractivity contribution in [3.05, 3.63) is 65.2 Å². The van der Waals surface area contributed by atoms with Crippen molar-refractivity contribution in [1.82, 2.24) is 0 Å². The lowest BCUT2D eigenvalue weighted by molar-refractivity contribution is -0.105. The molecular formula is C31H40N2O2. The van der Waals surface area contributed by atoms with Crippen LogP contribution in [0.3, 0.4) is 0 Å². The summed E-state index contributed by atoms with van der Waals surface area (Å²) in [6.07, 6.45) is 7.24. The van der Waals surface area contributed by atoms with E-state index in [1.165, 1.54) is 35.4 Å². The van der Waals surface area contributed by atoms with E-state index in [0.29, 0.717) is 23.6 Å². The summed E-state index contributed by atoms with van der Waals surface area (Å²) in [6.45, 7) is 11.6. The summed E-state index contributed by atoms with van der Waals surface area (Å²) in [7, 11) is 0. The van der Waals surface area contributed by atoms with Gasteiger partial charge in [0.15, 0.2) is 0 Å². The highest BCUT2D eigenvalue weighted by molar-refractivity contribution is 5.89. The molecule has 3 saturated carbocycles. The molecule has 4 fully saturated rings. The molecular weight excluding hydrogens is 432 g/mol. The van der Waals surface area contributed by atoms with Crippen LogP contribution in [0.15, 0.2) is 54.1 Å². The number of nitrogens with one attached hydrogen (secondary N) is 1. The molecule has 4 heteroatoms. The summed E-state index contributed by atoms with van der Waals surface area (Å²) in [6, 6.07) is 17.4. The standard InChI is InChI=1S/C31H40N2O2/c1-5-35-30(34)24-9-11-27(12-10-24)33-15-13-22(14-16-33)17-23-7-6-8-26(18-23)32-29-20-25-19-28(21(29)2)31(25,3)4/h6-12,17-18,21,25,28-29,32H,5,13-16,19-20H2,1-4H3/t21-,25+,28+,29+/m1/s1. The van der Waals surface area contributed by atoms with Crippen LogP contribution in [0.25, 0.3) is 6.08 Å². The number of anilines is 2. The number of carbonyl (C=O) groups is 1. The number of rotatable bonds is 6. The summed E-state index contributed by atoms with van der Waals surface area (Å²) in [4.78, 5) is 14.3. The van der Waals surface area contributed by atoms with Gasteiger partial charge in [-0.25, -0.2) is 4.79 Å². The van der Waals surface area contributed by atoms with Crippen LogP contribution in [0.1, 0.15) is 69.3 Å². The Morgan fingerprint density at radius 2 is 1.86 bits per heavy atom. The van der Waals surface area contributed by atoms with Crippen LogP contribution >= 0.6 is 0 Å². The van der Waals surface area contributed by atoms with Gasteiger partial charge in [0, 0.05) is 30.5 Å². The van der Waals surface area contributed by atoms with Gasteiger partial charge in [0.2, 0.25) is 0 Å². The van der Waals surface area contributed by atoms with Crippen LogP contribution in [0, 0.1) is 23.2 Å². The maximum atomic E-state index is 11.9. The molecule has 1 saturated heterocycles. The topological polar surface area (TPSA) is 41.6 Å². The summed E-state index contributed by atoms with van der Waals surface area (Å²) in [5, 5.41) is 3.89. The van der Waals surface area contributed by atoms with Crippen molar-refractivity contribution in [2.45, 2.75) is 59.4 Å². The summed E-state index contributed by atoms with van der Waals surface area (Å²) >= 11 is 0. The first-order valence-corrected chi connectivity index (χ1v) is 13.4. The third kappa shape index (κ3) is 4.85. The molecule has 2 bridgehead atoms. The highest BCUT2D eigenvalue weighted by Crippen LogP contribution is 2.61. The average molecular weight is 473 g/mol. The minimum Gasteiger partial charge on any atom is -0.462 e. The molecule has 2 aromatic rings. The number of hydrogen-bond donors (Lipinski definition) is 1. The minimum atomic E-state index is -0.252. The molecule has 6 rings (SSSR count). The second-order valence-corrected chi connectivity index (χ2v) is 11.4. The monoisotopic (exact) mass is 472 g/mol. The second kappa shape index (κ2) is 9.72. The molecule has 0 aromatic heterocycles. The van der Waals surface area contributed by atoms with Gasteiger partial charge >= 0.3 is 5.97 Å². The van der Waals surface area contributed by atoms with E-state index in [-0.39, 0.29) is 5.97 Å². The lowest BCUT2D eigenvalue weighted by Gasteiger charge is -2.62. The van der Waals surface area contributed by atoms with E-state index in [9.17, 15) is 4.79 Å². The third-order valence-electron chi connectivity index (χ3n) is 9.11. The number of fused-ring (bicyclic) bond motifs is 2. The predicted molar refractivity (Wildman–Crippen MR) is 145 cm³/mol. The zero-order chi connectivity index (χ0) is 24.6. The normalized spacial score (nSPS) is 27.1. The van der Waals surface area contributed by atoms with Gasteiger partial charge in [0.05, 0.1) is 12.2 Å². The first kappa shape index (κ1) is 24.0. The van der Waals surface area contributed by atoms with Crippen LogP contribution in [0.4, 0.5) is 11.4 Å². The van der Waals surface area contributed by atoms with Crippen molar-refractivity contribution < 1.29 is 9.53 Å². The highest BCUT2D eigenvalue weighted by Gasteiger charge is 2.56. The van der Waals surface area contributed by atoms with E-state index in [2.05, 4.69) is 61.3 Å². The van der Waals surface area contributed by atoms with Crippen LogP contribution in [-0.4, -0.2) is 31.7 Å². The fourth-order valence-electron chi connectivity index (χ4n) is 6.73. The smallest absolute Gasteiger partial charge is 0.338 e. The zero-order valence-corrected chi connectivity index (χ0v) is 21.7. The Bertz CT molecular complexity index is 1080. The number of nitrogens with zero attached hydrogens (tertiary/aromatic N) is 1. The summed E-state index contributed by atoms with van der Waals surface area (Å²) in [5.74, 6) is 2.21. The van der Waals surface area contributed by atoms with Gasteiger partial charge in [-0.1, -0.05) is 44.6 Å². The van der Waals surface area contributed by atoms with Crippen LogP contribution < -0.4 is 10.2 Å². The average Bonchev–Trinajstić information content (AvgIpc) is 2.86. The van der Waals surface area contributed by atoms with Crippen LogP contribution in [0.2, 0.25) is 0 Å². The van der Waals surface area contributed by atoms with E-state index in [1.807, 2.05) is 31.2 Å². The molecule has 0 amide bonds. The van der Waals surface area contributed by atoms with E-state index >= 15 is 0 Å². The lowest BCUT2D eigenvalue weighted by Crippen LogP contribution is -2.58. The molecule has 1 N–H and O–H groups in total. The Morgan fingerprint density at radius 1 is 1.11 bits per heavy atom. The summed E-state index contributed by atoms with van der Waals surface area (Å²) < 4.78 is 5.09. The van der Waals surface area contributed by atoms with Crippen molar-refractivity contribution in [1.29, 1.82) is 0 Å².